The average Bonchev–Trinajstić information content (AvgIpc) is 2.17. The van der Waals surface area contributed by atoms with Crippen molar-refractivity contribution in [1.82, 2.24) is 0 Å². The van der Waals surface area contributed by atoms with Crippen molar-refractivity contribution in [3.63, 3.8) is 0 Å². The molecule has 6 heteroatoms. The summed E-state index contributed by atoms with van der Waals surface area (Å²) in [6.45, 7) is 1.97. The molecular weight excluding hydrogens is 222 g/mol. The summed E-state index contributed by atoms with van der Waals surface area (Å²) in [5.41, 5.74) is -0.549. The Morgan fingerprint density at radius 2 is 2.27 bits per heavy atom. The largest absolute Gasteiger partial charge is 0.487 e. The van der Waals surface area contributed by atoms with E-state index in [1.54, 1.807) is 6.92 Å². The minimum atomic E-state index is -0.872. The smallest absolute Gasteiger partial charge is 0.322 e. The Balaban J connectivity index is 3.34. The minimum Gasteiger partial charge on any atom is -0.487 e. The van der Waals surface area contributed by atoms with E-state index in [4.69, 9.17) is 16.3 Å². The SMILES string of the molecule is CCOc1cccc(C(=O)Cl)c1[N+](=O)[O-]. The van der Waals surface area contributed by atoms with Gasteiger partial charge < -0.3 is 4.74 Å². The summed E-state index contributed by atoms with van der Waals surface area (Å²) >= 11 is 5.23. The van der Waals surface area contributed by atoms with Crippen LogP contribution in [0.5, 0.6) is 5.75 Å². The van der Waals surface area contributed by atoms with Crippen LogP contribution >= 0.6 is 11.6 Å². The summed E-state index contributed by atoms with van der Waals surface area (Å²) in [7, 11) is 0. The Bertz CT molecular complexity index is 405. The van der Waals surface area contributed by atoms with Gasteiger partial charge >= 0.3 is 5.69 Å². The molecule has 0 spiro atoms. The number of para-hydroxylation sites is 1. The lowest BCUT2D eigenvalue weighted by Crippen LogP contribution is -2.02. The number of carbonyl (C=O) groups is 1. The Morgan fingerprint density at radius 1 is 1.60 bits per heavy atom. The minimum absolute atomic E-state index is 0.0500. The number of halogens is 1. The molecule has 0 unspecified atom stereocenters. The third kappa shape index (κ3) is 2.44. The van der Waals surface area contributed by atoms with Gasteiger partial charge in [0.2, 0.25) is 0 Å². The molecular formula is C9H8ClNO4. The number of hydrogen-bond acceptors (Lipinski definition) is 4. The number of ether oxygens (including phenoxy) is 1. The van der Waals surface area contributed by atoms with Crippen LogP contribution in [0.3, 0.4) is 0 Å². The fourth-order valence-electron chi connectivity index (χ4n) is 1.14. The van der Waals surface area contributed by atoms with E-state index < -0.39 is 10.2 Å². The highest BCUT2D eigenvalue weighted by Crippen LogP contribution is 2.31. The number of rotatable bonds is 4. The summed E-state index contributed by atoms with van der Waals surface area (Å²) in [4.78, 5) is 21.0. The van der Waals surface area contributed by atoms with Gasteiger partial charge in [-0.2, -0.15) is 0 Å². The second-order valence-electron chi connectivity index (χ2n) is 2.62. The number of hydrogen-bond donors (Lipinski definition) is 0. The molecule has 0 radical (unpaired) electrons. The molecule has 0 amide bonds. The fourth-order valence-corrected chi connectivity index (χ4v) is 1.29. The number of nitro benzene ring substituents is 1. The summed E-state index contributed by atoms with van der Waals surface area (Å²) in [6, 6.07) is 4.19. The Kier molecular flexibility index (Phi) is 3.62. The van der Waals surface area contributed by atoms with Crippen molar-refractivity contribution in [1.29, 1.82) is 0 Å². The standard InChI is InChI=1S/C9H8ClNO4/c1-2-15-7-5-3-4-6(9(10)12)8(7)11(13)14/h3-5H,2H2,1H3. The van der Waals surface area contributed by atoms with Crippen molar-refractivity contribution in [2.24, 2.45) is 0 Å². The second-order valence-corrected chi connectivity index (χ2v) is 2.96. The van der Waals surface area contributed by atoms with Crippen LogP contribution in [-0.4, -0.2) is 16.8 Å². The first kappa shape index (κ1) is 11.5. The van der Waals surface area contributed by atoms with Gasteiger partial charge in [-0.1, -0.05) is 6.07 Å². The second kappa shape index (κ2) is 4.75. The van der Waals surface area contributed by atoms with Crippen LogP contribution in [0.4, 0.5) is 5.69 Å². The van der Waals surface area contributed by atoms with Crippen molar-refractivity contribution in [2.45, 2.75) is 6.92 Å². The van der Waals surface area contributed by atoms with E-state index >= 15 is 0 Å². The van der Waals surface area contributed by atoms with Gasteiger partial charge in [-0.05, 0) is 30.7 Å². The van der Waals surface area contributed by atoms with Crippen molar-refractivity contribution < 1.29 is 14.5 Å². The molecule has 0 atom stereocenters. The van der Waals surface area contributed by atoms with Gasteiger partial charge in [0, 0.05) is 0 Å². The van der Waals surface area contributed by atoms with Crippen LogP contribution in [0.2, 0.25) is 0 Å². The van der Waals surface area contributed by atoms with E-state index in [2.05, 4.69) is 0 Å². The first-order chi connectivity index (χ1) is 7.07. The summed E-state index contributed by atoms with van der Waals surface area (Å²) in [5, 5.41) is 9.86. The molecule has 0 bridgehead atoms. The maximum absolute atomic E-state index is 10.9. The van der Waals surface area contributed by atoms with Gasteiger partial charge in [-0.25, -0.2) is 0 Å². The zero-order chi connectivity index (χ0) is 11.4. The topological polar surface area (TPSA) is 69.4 Å². The first-order valence-electron chi connectivity index (χ1n) is 4.18. The Labute approximate surface area is 90.8 Å². The lowest BCUT2D eigenvalue weighted by molar-refractivity contribution is -0.386. The lowest BCUT2D eigenvalue weighted by atomic mass is 10.2. The third-order valence-corrected chi connectivity index (χ3v) is 1.90. The molecule has 0 saturated carbocycles. The van der Waals surface area contributed by atoms with Gasteiger partial charge in [0.05, 0.1) is 11.5 Å². The van der Waals surface area contributed by atoms with Gasteiger partial charge in [-0.3, -0.25) is 14.9 Å². The van der Waals surface area contributed by atoms with Gasteiger partial charge in [-0.15, -0.1) is 0 Å². The average molecular weight is 230 g/mol. The van der Waals surface area contributed by atoms with Crippen LogP contribution in [-0.2, 0) is 0 Å². The van der Waals surface area contributed by atoms with Crippen molar-refractivity contribution in [3.8, 4) is 5.75 Å². The molecule has 0 fully saturated rings. The number of carbonyl (C=O) groups excluding carboxylic acids is 1. The monoisotopic (exact) mass is 229 g/mol. The van der Waals surface area contributed by atoms with E-state index in [9.17, 15) is 14.9 Å². The van der Waals surface area contributed by atoms with Gasteiger partial charge in [0.15, 0.2) is 5.75 Å². The van der Waals surface area contributed by atoms with Crippen LogP contribution in [0.1, 0.15) is 17.3 Å². The summed E-state index contributed by atoms with van der Waals surface area (Å²) in [5.74, 6) is 0.0500. The molecule has 0 heterocycles. The quantitative estimate of drug-likeness (QED) is 0.452. The highest BCUT2D eigenvalue weighted by molar-refractivity contribution is 6.68. The normalized spacial score (nSPS) is 9.73. The molecule has 0 saturated heterocycles. The van der Waals surface area contributed by atoms with Crippen LogP contribution in [0.15, 0.2) is 18.2 Å². The predicted molar refractivity (Wildman–Crippen MR) is 54.4 cm³/mol. The number of benzene rings is 1. The van der Waals surface area contributed by atoms with Crippen LogP contribution in [0.25, 0.3) is 0 Å². The molecule has 80 valence electrons. The molecule has 0 N–H and O–H groups in total. The predicted octanol–water partition coefficient (Wildman–Crippen LogP) is 2.37. The summed E-state index contributed by atoms with van der Waals surface area (Å²) in [6.07, 6.45) is 0. The Hall–Kier alpha value is -1.62. The molecule has 15 heavy (non-hydrogen) atoms. The summed E-state index contributed by atoms with van der Waals surface area (Å²) < 4.78 is 5.04. The lowest BCUT2D eigenvalue weighted by Gasteiger charge is -2.05. The maximum Gasteiger partial charge on any atom is 0.322 e. The fraction of sp³-hybridized carbons (Fsp3) is 0.222. The maximum atomic E-state index is 10.9. The third-order valence-electron chi connectivity index (χ3n) is 1.69. The molecule has 0 aliphatic carbocycles. The van der Waals surface area contributed by atoms with Crippen LogP contribution < -0.4 is 4.74 Å². The number of nitro groups is 1. The van der Waals surface area contributed by atoms with Gasteiger partial charge in [0.25, 0.3) is 5.24 Å². The zero-order valence-electron chi connectivity index (χ0n) is 7.90. The number of nitrogens with zero attached hydrogens (tertiary/aromatic N) is 1. The van der Waals surface area contributed by atoms with Gasteiger partial charge in [0.1, 0.15) is 5.56 Å². The van der Waals surface area contributed by atoms with Crippen molar-refractivity contribution in [3.05, 3.63) is 33.9 Å². The van der Waals surface area contributed by atoms with E-state index in [1.165, 1.54) is 18.2 Å². The first-order valence-corrected chi connectivity index (χ1v) is 4.55. The van der Waals surface area contributed by atoms with E-state index in [1.807, 2.05) is 0 Å². The molecule has 0 aliphatic heterocycles. The molecule has 1 aromatic rings. The van der Waals surface area contributed by atoms with E-state index in [0.717, 1.165) is 0 Å². The molecule has 0 aromatic heterocycles. The van der Waals surface area contributed by atoms with E-state index in [0.29, 0.717) is 0 Å². The van der Waals surface area contributed by atoms with Crippen molar-refractivity contribution >= 4 is 22.5 Å². The Morgan fingerprint density at radius 3 is 2.73 bits per heavy atom. The molecule has 0 aliphatic rings. The van der Waals surface area contributed by atoms with Crippen LogP contribution in [0, 0.1) is 10.1 Å². The van der Waals surface area contributed by atoms with E-state index in [-0.39, 0.29) is 23.6 Å². The van der Waals surface area contributed by atoms with Crippen molar-refractivity contribution in [2.75, 3.05) is 6.61 Å². The zero-order valence-corrected chi connectivity index (χ0v) is 8.65. The molecule has 5 nitrogen and oxygen atoms in total. The molecule has 1 aromatic carbocycles. The highest BCUT2D eigenvalue weighted by atomic mass is 35.5. The molecule has 1 rings (SSSR count). The highest BCUT2D eigenvalue weighted by Gasteiger charge is 2.24.